The lowest BCUT2D eigenvalue weighted by Gasteiger charge is -2.43. The third-order valence-corrected chi connectivity index (χ3v) is 6.13. The molecule has 1 unspecified atom stereocenters. The van der Waals surface area contributed by atoms with Gasteiger partial charge < -0.3 is 0 Å². The van der Waals surface area contributed by atoms with Gasteiger partial charge in [0.1, 0.15) is 0 Å². The van der Waals surface area contributed by atoms with E-state index in [0.717, 1.165) is 13.1 Å². The van der Waals surface area contributed by atoms with Gasteiger partial charge in [-0.3, -0.25) is 9.80 Å². The molecule has 0 aliphatic carbocycles. The highest BCUT2D eigenvalue weighted by molar-refractivity contribution is 4.83. The molecule has 162 valence electrons. The van der Waals surface area contributed by atoms with Crippen molar-refractivity contribution in [3.63, 3.8) is 0 Å². The molecule has 1 atom stereocenters. The van der Waals surface area contributed by atoms with Crippen LogP contribution in [0, 0.1) is 5.92 Å². The van der Waals surface area contributed by atoms with Crippen LogP contribution >= 0.6 is 0 Å². The Labute approximate surface area is 172 Å². The highest BCUT2D eigenvalue weighted by Gasteiger charge is 2.27. The zero-order valence-electron chi connectivity index (χ0n) is 20.0. The second kappa shape index (κ2) is 16.6. The minimum atomic E-state index is 0.552. The van der Waals surface area contributed by atoms with Gasteiger partial charge in [-0.25, -0.2) is 0 Å². The van der Waals surface area contributed by atoms with Crippen LogP contribution in [0.2, 0.25) is 0 Å². The maximum Gasteiger partial charge on any atom is 0.0626 e. The number of allylic oxidation sites excluding steroid dienone is 1. The Morgan fingerprint density at radius 2 is 1.15 bits per heavy atom. The predicted molar refractivity (Wildman–Crippen MR) is 124 cm³/mol. The van der Waals surface area contributed by atoms with E-state index in [1.807, 2.05) is 0 Å². The molecule has 0 saturated heterocycles. The number of unbranched alkanes of at least 4 members (excludes halogenated alkanes) is 6. The molecule has 0 aromatic carbocycles. The molecule has 0 radical (unpaired) electrons. The molecule has 0 rings (SSSR count). The van der Waals surface area contributed by atoms with E-state index in [-0.39, 0.29) is 0 Å². The third-order valence-electron chi connectivity index (χ3n) is 6.13. The van der Waals surface area contributed by atoms with Gasteiger partial charge in [-0.2, -0.15) is 0 Å². The highest BCUT2D eigenvalue weighted by atomic mass is 15.4. The first-order chi connectivity index (χ1) is 12.9. The summed E-state index contributed by atoms with van der Waals surface area (Å²) in [6, 6.07) is 1.19. The van der Waals surface area contributed by atoms with Gasteiger partial charge in [0.15, 0.2) is 0 Å². The summed E-state index contributed by atoms with van der Waals surface area (Å²) in [5, 5.41) is 0. The van der Waals surface area contributed by atoms with Crippen LogP contribution in [0.15, 0.2) is 12.7 Å². The molecule has 0 aliphatic heterocycles. The van der Waals surface area contributed by atoms with E-state index >= 15 is 0 Å². The quantitative estimate of drug-likeness (QED) is 0.138. The highest BCUT2D eigenvalue weighted by Crippen LogP contribution is 2.24. The van der Waals surface area contributed by atoms with Gasteiger partial charge in [-0.05, 0) is 66.0 Å². The molecule has 0 aliphatic rings. The van der Waals surface area contributed by atoms with Crippen molar-refractivity contribution in [2.24, 2.45) is 5.92 Å². The van der Waals surface area contributed by atoms with E-state index in [9.17, 15) is 0 Å². The standard InChI is InChI=1S/C25H52N2/c1-9-13-14-15-16-17-18-19-24(10-2)20-21-25(26(11-3)22(5)6)27(12-4)23(7)8/h10,22-25H,2,9,11-21H2,1,3-8H3. The van der Waals surface area contributed by atoms with Gasteiger partial charge in [0.05, 0.1) is 6.17 Å². The summed E-state index contributed by atoms with van der Waals surface area (Å²) in [5.74, 6) is 0.680. The lowest BCUT2D eigenvalue weighted by atomic mass is 9.94. The first-order valence-electron chi connectivity index (χ1n) is 12.1. The lowest BCUT2D eigenvalue weighted by molar-refractivity contribution is 0.000171. The van der Waals surface area contributed by atoms with Gasteiger partial charge in [-0.15, -0.1) is 6.58 Å². The maximum absolute atomic E-state index is 4.15. The summed E-state index contributed by atoms with van der Waals surface area (Å²) in [5.41, 5.74) is 0. The van der Waals surface area contributed by atoms with E-state index < -0.39 is 0 Å². The van der Waals surface area contributed by atoms with Crippen molar-refractivity contribution in [2.45, 2.75) is 131 Å². The second-order valence-corrected chi connectivity index (χ2v) is 8.81. The summed E-state index contributed by atoms with van der Waals surface area (Å²) in [6.45, 7) is 22.7. The molecular weight excluding hydrogens is 328 g/mol. The van der Waals surface area contributed by atoms with E-state index in [4.69, 9.17) is 0 Å². The molecule has 0 spiro atoms. The summed E-state index contributed by atoms with van der Waals surface area (Å²) in [6.07, 6.45) is 16.4. The minimum Gasteiger partial charge on any atom is -0.286 e. The first-order valence-corrected chi connectivity index (χ1v) is 12.1. The maximum atomic E-state index is 4.15. The van der Waals surface area contributed by atoms with Crippen LogP contribution in [0.4, 0.5) is 0 Å². The molecule has 0 N–H and O–H groups in total. The van der Waals surface area contributed by atoms with Crippen molar-refractivity contribution in [2.75, 3.05) is 13.1 Å². The summed E-state index contributed by atoms with van der Waals surface area (Å²) in [4.78, 5) is 5.36. The molecule has 2 nitrogen and oxygen atoms in total. The minimum absolute atomic E-state index is 0.552. The molecule has 27 heavy (non-hydrogen) atoms. The van der Waals surface area contributed by atoms with Crippen LogP contribution in [-0.2, 0) is 0 Å². The smallest absolute Gasteiger partial charge is 0.0626 e. The summed E-state index contributed by atoms with van der Waals surface area (Å²) in [7, 11) is 0. The molecule has 0 fully saturated rings. The van der Waals surface area contributed by atoms with Crippen LogP contribution in [0.25, 0.3) is 0 Å². The van der Waals surface area contributed by atoms with Gasteiger partial charge in [-0.1, -0.05) is 71.8 Å². The molecule has 0 amide bonds. The molecule has 2 heteroatoms. The van der Waals surface area contributed by atoms with Crippen LogP contribution in [0.5, 0.6) is 0 Å². The van der Waals surface area contributed by atoms with E-state index in [2.05, 4.69) is 70.9 Å². The first kappa shape index (κ1) is 26.7. The Hall–Kier alpha value is -0.340. The number of hydrogen-bond acceptors (Lipinski definition) is 2. The fraction of sp³-hybridized carbons (Fsp3) is 0.920. The van der Waals surface area contributed by atoms with Gasteiger partial charge >= 0.3 is 0 Å². The van der Waals surface area contributed by atoms with Crippen molar-refractivity contribution >= 4 is 0 Å². The summed E-state index contributed by atoms with van der Waals surface area (Å²) < 4.78 is 0. The van der Waals surface area contributed by atoms with Gasteiger partial charge in [0.2, 0.25) is 0 Å². The Bertz CT molecular complexity index is 321. The monoisotopic (exact) mass is 380 g/mol. The zero-order chi connectivity index (χ0) is 20.7. The largest absolute Gasteiger partial charge is 0.286 e. The van der Waals surface area contributed by atoms with Crippen molar-refractivity contribution < 1.29 is 0 Å². The van der Waals surface area contributed by atoms with E-state index in [1.54, 1.807) is 0 Å². The molecule has 0 heterocycles. The molecule has 0 aromatic rings. The Balaban J connectivity index is 4.56. The van der Waals surface area contributed by atoms with Crippen LogP contribution in [-0.4, -0.2) is 41.1 Å². The number of nitrogens with zero attached hydrogens (tertiary/aromatic N) is 2. The third kappa shape index (κ3) is 11.3. The van der Waals surface area contributed by atoms with Crippen LogP contribution in [0.1, 0.15) is 113 Å². The normalized spacial score (nSPS) is 13.5. The van der Waals surface area contributed by atoms with Crippen molar-refractivity contribution in [3.8, 4) is 0 Å². The number of rotatable bonds is 18. The topological polar surface area (TPSA) is 6.48 Å². The molecular formula is C25H52N2. The molecule has 0 saturated carbocycles. The van der Waals surface area contributed by atoms with E-state index in [0.29, 0.717) is 24.2 Å². The number of hydrogen-bond donors (Lipinski definition) is 0. The van der Waals surface area contributed by atoms with Crippen LogP contribution in [0.3, 0.4) is 0 Å². The van der Waals surface area contributed by atoms with Gasteiger partial charge in [0, 0.05) is 12.1 Å². The predicted octanol–water partition coefficient (Wildman–Crippen LogP) is 7.50. The van der Waals surface area contributed by atoms with Crippen LogP contribution < -0.4 is 0 Å². The fourth-order valence-electron chi connectivity index (χ4n) is 4.47. The Kier molecular flexibility index (Phi) is 16.4. The molecule has 0 aromatic heterocycles. The second-order valence-electron chi connectivity index (χ2n) is 8.81. The van der Waals surface area contributed by atoms with E-state index in [1.165, 1.54) is 64.2 Å². The van der Waals surface area contributed by atoms with Crippen molar-refractivity contribution in [1.82, 2.24) is 9.80 Å². The zero-order valence-corrected chi connectivity index (χ0v) is 20.0. The Morgan fingerprint density at radius 1 is 0.667 bits per heavy atom. The van der Waals surface area contributed by atoms with Crippen molar-refractivity contribution in [3.05, 3.63) is 12.7 Å². The van der Waals surface area contributed by atoms with Gasteiger partial charge in [0.25, 0.3) is 0 Å². The van der Waals surface area contributed by atoms with Crippen molar-refractivity contribution in [1.29, 1.82) is 0 Å². The summed E-state index contributed by atoms with van der Waals surface area (Å²) >= 11 is 0. The average Bonchev–Trinajstić information content (AvgIpc) is 2.63. The SMILES string of the molecule is C=CC(CCCCCCCCC)CCC(N(CC)C(C)C)N(CC)C(C)C. The Morgan fingerprint density at radius 3 is 1.56 bits per heavy atom. The molecule has 0 bridgehead atoms. The fourth-order valence-corrected chi connectivity index (χ4v) is 4.47. The average molecular weight is 381 g/mol. The lowest BCUT2D eigenvalue weighted by Crippen LogP contribution is -2.53.